The number of thiophene rings is 1. The molecule has 3 N–H and O–H groups in total. The van der Waals surface area contributed by atoms with Crippen molar-refractivity contribution in [2.75, 3.05) is 7.11 Å². The molecular formula is C16H20N2OS. The molecule has 2 atom stereocenters. The Balaban J connectivity index is 1.95. The van der Waals surface area contributed by atoms with Crippen molar-refractivity contribution in [1.82, 2.24) is 5.43 Å². The summed E-state index contributed by atoms with van der Waals surface area (Å²) < 4.78 is 5.32. The first-order chi connectivity index (χ1) is 9.83. The van der Waals surface area contributed by atoms with Gasteiger partial charge < -0.3 is 4.74 Å². The molecule has 0 bridgehead atoms. The van der Waals surface area contributed by atoms with Crippen molar-refractivity contribution in [2.24, 2.45) is 5.84 Å². The van der Waals surface area contributed by atoms with Gasteiger partial charge in [-0.2, -0.15) is 0 Å². The van der Waals surface area contributed by atoms with Gasteiger partial charge in [0.1, 0.15) is 5.75 Å². The Labute approximate surface area is 123 Å². The zero-order valence-corrected chi connectivity index (χ0v) is 12.5. The van der Waals surface area contributed by atoms with Gasteiger partial charge in [0.25, 0.3) is 0 Å². The number of hydrogen-bond donors (Lipinski definition) is 2. The summed E-state index contributed by atoms with van der Waals surface area (Å²) in [5.74, 6) is 7.19. The maximum Gasteiger partial charge on any atom is 0.119 e. The second-order valence-electron chi connectivity index (χ2n) is 5.22. The highest BCUT2D eigenvalue weighted by Gasteiger charge is 2.29. The topological polar surface area (TPSA) is 47.3 Å². The molecule has 0 aliphatic heterocycles. The predicted octanol–water partition coefficient (Wildman–Crippen LogP) is 3.38. The summed E-state index contributed by atoms with van der Waals surface area (Å²) in [5, 5.41) is 2.20. The fourth-order valence-corrected chi connectivity index (χ4v) is 4.14. The molecule has 4 heteroatoms. The average Bonchev–Trinajstić information content (AvgIpc) is 2.97. The Hall–Kier alpha value is -1.36. The van der Waals surface area contributed by atoms with Crippen LogP contribution in [0.4, 0.5) is 0 Å². The van der Waals surface area contributed by atoms with Crippen molar-refractivity contribution in [3.63, 3.8) is 0 Å². The van der Waals surface area contributed by atoms with Gasteiger partial charge in [-0.05, 0) is 54.0 Å². The van der Waals surface area contributed by atoms with Crippen molar-refractivity contribution in [1.29, 1.82) is 0 Å². The van der Waals surface area contributed by atoms with Crippen LogP contribution >= 0.6 is 11.3 Å². The molecule has 106 valence electrons. The quantitative estimate of drug-likeness (QED) is 0.670. The molecule has 0 saturated carbocycles. The second-order valence-corrected chi connectivity index (χ2v) is 6.22. The third-order valence-electron chi connectivity index (χ3n) is 4.13. The van der Waals surface area contributed by atoms with E-state index in [0.29, 0.717) is 5.92 Å². The molecule has 20 heavy (non-hydrogen) atoms. The van der Waals surface area contributed by atoms with Crippen LogP contribution in [0.1, 0.15) is 40.8 Å². The number of methoxy groups -OCH3 is 1. The number of ether oxygens (including phenoxy) is 1. The summed E-state index contributed by atoms with van der Waals surface area (Å²) in [6.07, 6.45) is 3.62. The van der Waals surface area contributed by atoms with Gasteiger partial charge in [0.05, 0.1) is 13.2 Å². The van der Waals surface area contributed by atoms with E-state index in [1.807, 2.05) is 23.5 Å². The zero-order valence-electron chi connectivity index (χ0n) is 11.6. The smallest absolute Gasteiger partial charge is 0.119 e. The molecule has 2 unspecified atom stereocenters. The number of benzene rings is 1. The molecule has 1 aliphatic rings. The van der Waals surface area contributed by atoms with Crippen molar-refractivity contribution >= 4 is 11.3 Å². The van der Waals surface area contributed by atoms with Gasteiger partial charge in [0.2, 0.25) is 0 Å². The van der Waals surface area contributed by atoms with Gasteiger partial charge in [-0.1, -0.05) is 12.1 Å². The van der Waals surface area contributed by atoms with Gasteiger partial charge in [0.15, 0.2) is 0 Å². The molecule has 1 heterocycles. The highest BCUT2D eigenvalue weighted by Crippen LogP contribution is 2.42. The number of rotatable bonds is 4. The van der Waals surface area contributed by atoms with E-state index in [-0.39, 0.29) is 6.04 Å². The van der Waals surface area contributed by atoms with Crippen LogP contribution in [0.5, 0.6) is 5.75 Å². The maximum atomic E-state index is 5.87. The molecule has 3 nitrogen and oxygen atoms in total. The summed E-state index contributed by atoms with van der Waals surface area (Å²) in [7, 11) is 1.70. The third kappa shape index (κ3) is 2.46. The number of hydrazine groups is 1. The van der Waals surface area contributed by atoms with E-state index in [9.17, 15) is 0 Å². The van der Waals surface area contributed by atoms with Crippen LogP contribution in [0.3, 0.4) is 0 Å². The Morgan fingerprint density at radius 3 is 3.10 bits per heavy atom. The maximum absolute atomic E-state index is 5.87. The molecule has 0 saturated heterocycles. The lowest BCUT2D eigenvalue weighted by atomic mass is 9.80. The van der Waals surface area contributed by atoms with E-state index in [4.69, 9.17) is 10.6 Å². The first-order valence-electron chi connectivity index (χ1n) is 7.00. The van der Waals surface area contributed by atoms with Gasteiger partial charge >= 0.3 is 0 Å². The molecule has 0 spiro atoms. The third-order valence-corrected chi connectivity index (χ3v) is 5.13. The lowest BCUT2D eigenvalue weighted by Crippen LogP contribution is -2.33. The minimum absolute atomic E-state index is 0.138. The first kappa shape index (κ1) is 13.6. The molecule has 2 aromatic rings. The highest BCUT2D eigenvalue weighted by atomic mass is 32.1. The normalized spacial score (nSPS) is 19.4. The Morgan fingerprint density at radius 2 is 2.30 bits per heavy atom. The van der Waals surface area contributed by atoms with Crippen molar-refractivity contribution < 1.29 is 4.74 Å². The fourth-order valence-electron chi connectivity index (χ4n) is 3.15. The van der Waals surface area contributed by atoms with E-state index >= 15 is 0 Å². The summed E-state index contributed by atoms with van der Waals surface area (Å²) in [4.78, 5) is 1.52. The predicted molar refractivity (Wildman–Crippen MR) is 83.1 cm³/mol. The summed E-state index contributed by atoms with van der Waals surface area (Å²) in [6, 6.07) is 10.6. The van der Waals surface area contributed by atoms with Crippen LogP contribution in [0.15, 0.2) is 35.7 Å². The minimum Gasteiger partial charge on any atom is -0.497 e. The van der Waals surface area contributed by atoms with E-state index in [0.717, 1.165) is 5.75 Å². The summed E-state index contributed by atoms with van der Waals surface area (Å²) in [6.45, 7) is 0. The van der Waals surface area contributed by atoms with Gasteiger partial charge in [0, 0.05) is 10.8 Å². The van der Waals surface area contributed by atoms with Crippen molar-refractivity contribution in [3.8, 4) is 5.75 Å². The Bertz CT molecular complexity index is 581. The largest absolute Gasteiger partial charge is 0.497 e. The first-order valence-corrected chi connectivity index (χ1v) is 7.88. The van der Waals surface area contributed by atoms with E-state index in [1.165, 1.54) is 35.3 Å². The molecule has 1 aliphatic carbocycles. The van der Waals surface area contributed by atoms with Crippen LogP contribution in [-0.2, 0) is 6.42 Å². The van der Waals surface area contributed by atoms with Crippen LogP contribution < -0.4 is 16.0 Å². The lowest BCUT2D eigenvalue weighted by molar-refractivity contribution is 0.399. The summed E-state index contributed by atoms with van der Waals surface area (Å²) in [5.41, 5.74) is 5.67. The molecule has 0 amide bonds. The Kier molecular flexibility index (Phi) is 4.05. The number of nitrogens with one attached hydrogen (secondary N) is 1. The Morgan fingerprint density at radius 1 is 1.40 bits per heavy atom. The summed E-state index contributed by atoms with van der Waals surface area (Å²) >= 11 is 1.87. The van der Waals surface area contributed by atoms with Crippen LogP contribution in [0.2, 0.25) is 0 Å². The SMILES string of the molecule is COc1cccc(C(NN)C2CCCc3sccc32)c1. The van der Waals surface area contributed by atoms with E-state index in [1.54, 1.807) is 7.11 Å². The molecule has 0 radical (unpaired) electrons. The molecule has 1 aromatic carbocycles. The number of nitrogens with two attached hydrogens (primary N) is 1. The number of aryl methyl sites for hydroxylation is 1. The second kappa shape index (κ2) is 5.95. The van der Waals surface area contributed by atoms with E-state index in [2.05, 4.69) is 29.0 Å². The van der Waals surface area contributed by atoms with Gasteiger partial charge in [-0.3, -0.25) is 11.3 Å². The molecule has 0 fully saturated rings. The molecule has 3 rings (SSSR count). The standard InChI is InChI=1S/C16H20N2OS/c1-19-12-5-2-4-11(10-12)16(18-17)14-6-3-7-15-13(14)8-9-20-15/h2,4-5,8-10,14,16,18H,3,6-7,17H2,1H3. The number of fused-ring (bicyclic) bond motifs is 1. The van der Waals surface area contributed by atoms with Crippen molar-refractivity contribution in [2.45, 2.75) is 31.2 Å². The van der Waals surface area contributed by atoms with Crippen LogP contribution in [-0.4, -0.2) is 7.11 Å². The molecule has 1 aromatic heterocycles. The highest BCUT2D eigenvalue weighted by molar-refractivity contribution is 7.10. The van der Waals surface area contributed by atoms with Crippen LogP contribution in [0.25, 0.3) is 0 Å². The number of hydrogen-bond acceptors (Lipinski definition) is 4. The molecular weight excluding hydrogens is 268 g/mol. The zero-order chi connectivity index (χ0) is 13.9. The van der Waals surface area contributed by atoms with E-state index < -0.39 is 0 Å². The average molecular weight is 288 g/mol. The fraction of sp³-hybridized carbons (Fsp3) is 0.375. The lowest BCUT2D eigenvalue weighted by Gasteiger charge is -2.30. The van der Waals surface area contributed by atoms with Crippen molar-refractivity contribution in [3.05, 3.63) is 51.7 Å². The van der Waals surface area contributed by atoms with Crippen LogP contribution in [0, 0.1) is 0 Å². The monoisotopic (exact) mass is 288 g/mol. The van der Waals surface area contributed by atoms with Gasteiger partial charge in [-0.25, -0.2) is 0 Å². The minimum atomic E-state index is 0.138. The van der Waals surface area contributed by atoms with Gasteiger partial charge in [-0.15, -0.1) is 11.3 Å².